The minimum absolute atomic E-state index is 0.398. The Morgan fingerprint density at radius 1 is 1.05 bits per heavy atom. The van der Waals surface area contributed by atoms with E-state index in [2.05, 4.69) is 4.98 Å². The second-order valence-electron chi connectivity index (χ2n) is 4.45. The van der Waals surface area contributed by atoms with Crippen LogP contribution in [0, 0.1) is 0 Å². The van der Waals surface area contributed by atoms with E-state index in [1.54, 1.807) is 12.4 Å². The van der Waals surface area contributed by atoms with Crippen LogP contribution in [0.4, 0.5) is 5.69 Å². The van der Waals surface area contributed by atoms with E-state index in [0.29, 0.717) is 11.6 Å². The highest BCUT2D eigenvalue weighted by atomic mass is 35.5. The highest BCUT2D eigenvalue weighted by Gasteiger charge is 2.06. The maximum Gasteiger partial charge on any atom is 0.127 e. The van der Waals surface area contributed by atoms with Crippen molar-refractivity contribution in [3.05, 3.63) is 65.4 Å². The number of pyridine rings is 1. The Hall–Kier alpha value is -2.26. The molecule has 0 unspecified atom stereocenters. The van der Waals surface area contributed by atoms with Gasteiger partial charge in [0, 0.05) is 34.4 Å². The van der Waals surface area contributed by atoms with Crippen LogP contribution < -0.4 is 10.5 Å². The molecule has 3 rings (SSSR count). The molecule has 2 aromatic carbocycles. The Bertz CT molecular complexity index is 758. The van der Waals surface area contributed by atoms with Gasteiger partial charge in [-0.2, -0.15) is 0 Å². The van der Waals surface area contributed by atoms with Crippen LogP contribution in [-0.2, 0) is 6.61 Å². The zero-order valence-corrected chi connectivity index (χ0v) is 11.5. The number of nitrogen functional groups attached to an aromatic ring is 1. The molecule has 4 heteroatoms. The lowest BCUT2D eigenvalue weighted by atomic mass is 10.1. The zero-order chi connectivity index (χ0) is 13.9. The summed E-state index contributed by atoms with van der Waals surface area (Å²) in [7, 11) is 0. The number of hydrogen-bond acceptors (Lipinski definition) is 3. The van der Waals surface area contributed by atoms with Crippen molar-refractivity contribution in [3.63, 3.8) is 0 Å². The van der Waals surface area contributed by atoms with Crippen molar-refractivity contribution < 1.29 is 4.74 Å². The molecule has 1 aromatic heterocycles. The molecule has 20 heavy (non-hydrogen) atoms. The standard InChI is InChI=1S/C16H13ClN2O/c17-14-9-19-8-7-11(14)10-20-16-6-5-15(18)12-3-1-2-4-13(12)16/h1-9H,10,18H2. The Balaban J connectivity index is 1.92. The fourth-order valence-electron chi connectivity index (χ4n) is 2.10. The first-order valence-electron chi connectivity index (χ1n) is 6.24. The van der Waals surface area contributed by atoms with Crippen molar-refractivity contribution in [3.8, 4) is 5.75 Å². The summed E-state index contributed by atoms with van der Waals surface area (Å²) in [4.78, 5) is 3.96. The van der Waals surface area contributed by atoms with Crippen LogP contribution in [0.1, 0.15) is 5.56 Å². The minimum atomic E-state index is 0.398. The van der Waals surface area contributed by atoms with E-state index in [0.717, 1.165) is 27.8 Å². The number of nitrogens with zero attached hydrogens (tertiary/aromatic N) is 1. The molecule has 3 nitrogen and oxygen atoms in total. The number of ether oxygens (including phenoxy) is 1. The molecule has 0 radical (unpaired) electrons. The summed E-state index contributed by atoms with van der Waals surface area (Å²) in [5, 5.41) is 2.59. The Morgan fingerprint density at radius 2 is 1.85 bits per heavy atom. The van der Waals surface area contributed by atoms with Gasteiger partial charge in [-0.3, -0.25) is 4.98 Å². The number of hydrogen-bond donors (Lipinski definition) is 1. The van der Waals surface area contributed by atoms with Gasteiger partial charge in [-0.05, 0) is 18.2 Å². The molecule has 0 fully saturated rings. The number of anilines is 1. The Labute approximate surface area is 122 Å². The molecule has 0 spiro atoms. The second-order valence-corrected chi connectivity index (χ2v) is 4.86. The van der Waals surface area contributed by atoms with E-state index in [1.807, 2.05) is 42.5 Å². The monoisotopic (exact) mass is 284 g/mol. The average Bonchev–Trinajstić information content (AvgIpc) is 2.48. The predicted molar refractivity (Wildman–Crippen MR) is 81.9 cm³/mol. The van der Waals surface area contributed by atoms with Gasteiger partial charge in [0.1, 0.15) is 12.4 Å². The number of aromatic nitrogens is 1. The highest BCUT2D eigenvalue weighted by Crippen LogP contribution is 2.30. The molecule has 0 saturated heterocycles. The summed E-state index contributed by atoms with van der Waals surface area (Å²) < 4.78 is 5.87. The molecule has 0 atom stereocenters. The molecule has 0 bridgehead atoms. The quantitative estimate of drug-likeness (QED) is 0.738. The highest BCUT2D eigenvalue weighted by molar-refractivity contribution is 6.31. The maximum absolute atomic E-state index is 6.07. The fraction of sp³-hybridized carbons (Fsp3) is 0.0625. The van der Waals surface area contributed by atoms with Crippen molar-refractivity contribution in [2.24, 2.45) is 0 Å². The molecule has 0 aliphatic heterocycles. The molecule has 3 aromatic rings. The second kappa shape index (κ2) is 5.39. The summed E-state index contributed by atoms with van der Waals surface area (Å²) in [6, 6.07) is 13.5. The summed E-state index contributed by atoms with van der Waals surface area (Å²) in [6.45, 7) is 0.398. The summed E-state index contributed by atoms with van der Waals surface area (Å²) in [6.07, 6.45) is 3.31. The fourth-order valence-corrected chi connectivity index (χ4v) is 2.27. The molecule has 100 valence electrons. The van der Waals surface area contributed by atoms with Gasteiger partial charge in [0.15, 0.2) is 0 Å². The van der Waals surface area contributed by atoms with Crippen LogP contribution in [0.15, 0.2) is 54.9 Å². The van der Waals surface area contributed by atoms with Crippen molar-refractivity contribution in [2.45, 2.75) is 6.61 Å². The van der Waals surface area contributed by atoms with Crippen LogP contribution in [0.5, 0.6) is 5.75 Å². The van der Waals surface area contributed by atoms with Gasteiger partial charge in [0.05, 0.1) is 5.02 Å². The van der Waals surface area contributed by atoms with Crippen LogP contribution in [0.25, 0.3) is 10.8 Å². The van der Waals surface area contributed by atoms with Gasteiger partial charge < -0.3 is 10.5 Å². The van der Waals surface area contributed by atoms with Crippen LogP contribution in [0.2, 0.25) is 5.02 Å². The number of halogens is 1. The van der Waals surface area contributed by atoms with Crippen molar-refractivity contribution in [1.82, 2.24) is 4.98 Å². The minimum Gasteiger partial charge on any atom is -0.488 e. The van der Waals surface area contributed by atoms with Gasteiger partial charge >= 0.3 is 0 Å². The summed E-state index contributed by atoms with van der Waals surface area (Å²) in [5.74, 6) is 0.794. The average molecular weight is 285 g/mol. The van der Waals surface area contributed by atoms with Gasteiger partial charge in [-0.25, -0.2) is 0 Å². The van der Waals surface area contributed by atoms with E-state index in [4.69, 9.17) is 22.1 Å². The van der Waals surface area contributed by atoms with E-state index in [9.17, 15) is 0 Å². The third-order valence-electron chi connectivity index (χ3n) is 3.16. The Morgan fingerprint density at radius 3 is 2.65 bits per heavy atom. The molecule has 0 amide bonds. The molecule has 0 saturated carbocycles. The van der Waals surface area contributed by atoms with E-state index in [1.165, 1.54) is 0 Å². The molecule has 0 aliphatic carbocycles. The van der Waals surface area contributed by atoms with Gasteiger partial charge in [-0.15, -0.1) is 0 Å². The van der Waals surface area contributed by atoms with Crippen LogP contribution >= 0.6 is 11.6 Å². The first-order valence-corrected chi connectivity index (χ1v) is 6.62. The van der Waals surface area contributed by atoms with Gasteiger partial charge in [-0.1, -0.05) is 35.9 Å². The van der Waals surface area contributed by atoms with E-state index in [-0.39, 0.29) is 0 Å². The largest absolute Gasteiger partial charge is 0.488 e. The molecule has 2 N–H and O–H groups in total. The van der Waals surface area contributed by atoms with Crippen molar-refractivity contribution in [1.29, 1.82) is 0 Å². The first-order chi connectivity index (χ1) is 9.75. The van der Waals surface area contributed by atoms with Gasteiger partial charge in [0.25, 0.3) is 0 Å². The predicted octanol–water partition coefficient (Wildman–Crippen LogP) is 4.05. The number of fused-ring (bicyclic) bond motifs is 1. The smallest absolute Gasteiger partial charge is 0.127 e. The lowest BCUT2D eigenvalue weighted by Crippen LogP contribution is -1.98. The molecule has 1 heterocycles. The summed E-state index contributed by atoms with van der Waals surface area (Å²) >= 11 is 6.07. The van der Waals surface area contributed by atoms with E-state index >= 15 is 0 Å². The van der Waals surface area contributed by atoms with Crippen LogP contribution in [0.3, 0.4) is 0 Å². The Kier molecular flexibility index (Phi) is 3.44. The molecular formula is C16H13ClN2O. The topological polar surface area (TPSA) is 48.1 Å². The lowest BCUT2D eigenvalue weighted by Gasteiger charge is -2.11. The maximum atomic E-state index is 6.07. The first kappa shape index (κ1) is 12.8. The van der Waals surface area contributed by atoms with Crippen molar-refractivity contribution in [2.75, 3.05) is 5.73 Å². The lowest BCUT2D eigenvalue weighted by molar-refractivity contribution is 0.310. The van der Waals surface area contributed by atoms with Crippen molar-refractivity contribution >= 4 is 28.1 Å². The molecule has 0 aliphatic rings. The molecular weight excluding hydrogens is 272 g/mol. The third-order valence-corrected chi connectivity index (χ3v) is 3.50. The SMILES string of the molecule is Nc1ccc(OCc2ccncc2Cl)c2ccccc12. The number of benzene rings is 2. The van der Waals surface area contributed by atoms with Crippen LogP contribution in [-0.4, -0.2) is 4.98 Å². The number of nitrogens with two attached hydrogens (primary N) is 1. The van der Waals surface area contributed by atoms with Gasteiger partial charge in [0.2, 0.25) is 0 Å². The normalized spacial score (nSPS) is 10.7. The zero-order valence-electron chi connectivity index (χ0n) is 10.7. The summed E-state index contributed by atoms with van der Waals surface area (Å²) in [5.41, 5.74) is 7.62. The van der Waals surface area contributed by atoms with E-state index < -0.39 is 0 Å². The third kappa shape index (κ3) is 2.40. The number of rotatable bonds is 3.